The van der Waals surface area contributed by atoms with Crippen molar-refractivity contribution in [1.29, 1.82) is 0 Å². The van der Waals surface area contributed by atoms with Crippen LogP contribution < -0.4 is 10.1 Å². The van der Waals surface area contributed by atoms with Crippen LogP contribution in [0.4, 0.5) is 0 Å². The fourth-order valence-electron chi connectivity index (χ4n) is 1.57. The number of thioether (sulfide) groups is 1. The summed E-state index contributed by atoms with van der Waals surface area (Å²) in [5.41, 5.74) is 1.01. The van der Waals surface area contributed by atoms with Crippen LogP contribution in [-0.2, 0) is 20.9 Å². The summed E-state index contributed by atoms with van der Waals surface area (Å²) in [6.45, 7) is 2.30. The zero-order valence-electron chi connectivity index (χ0n) is 12.5. The van der Waals surface area contributed by atoms with Crippen LogP contribution in [0, 0.1) is 0 Å². The van der Waals surface area contributed by atoms with Crippen molar-refractivity contribution in [3.05, 3.63) is 29.8 Å². The largest absolute Gasteiger partial charge is 0.497 e. The first kappa shape index (κ1) is 17.4. The number of carbonyl (C=O) groups excluding carboxylic acids is 2. The lowest BCUT2D eigenvalue weighted by Gasteiger charge is -2.12. The zero-order valence-corrected chi connectivity index (χ0v) is 13.4. The molecular formula is C15H21NO4S. The van der Waals surface area contributed by atoms with Crippen molar-refractivity contribution >= 4 is 23.6 Å². The first-order valence-electron chi connectivity index (χ1n) is 6.66. The third-order valence-corrected chi connectivity index (χ3v) is 4.05. The fourth-order valence-corrected chi connectivity index (χ4v) is 2.45. The smallest absolute Gasteiger partial charge is 0.306 e. The maximum absolute atomic E-state index is 11.9. The van der Waals surface area contributed by atoms with E-state index in [9.17, 15) is 9.59 Å². The number of esters is 1. The van der Waals surface area contributed by atoms with E-state index in [0.717, 1.165) is 11.3 Å². The van der Waals surface area contributed by atoms with Gasteiger partial charge in [0.1, 0.15) is 5.75 Å². The van der Waals surface area contributed by atoms with Gasteiger partial charge in [-0.2, -0.15) is 0 Å². The molecule has 0 heterocycles. The van der Waals surface area contributed by atoms with Crippen LogP contribution >= 0.6 is 11.8 Å². The Morgan fingerprint density at radius 2 is 1.90 bits per heavy atom. The third kappa shape index (κ3) is 6.53. The summed E-state index contributed by atoms with van der Waals surface area (Å²) in [4.78, 5) is 22.9. The molecule has 0 aliphatic heterocycles. The van der Waals surface area contributed by atoms with E-state index in [-0.39, 0.29) is 17.1 Å². The van der Waals surface area contributed by atoms with Crippen LogP contribution in [0.3, 0.4) is 0 Å². The quantitative estimate of drug-likeness (QED) is 0.744. The van der Waals surface area contributed by atoms with Gasteiger partial charge in [-0.15, -0.1) is 11.8 Å². The number of hydrogen-bond donors (Lipinski definition) is 1. The van der Waals surface area contributed by atoms with E-state index in [1.807, 2.05) is 31.2 Å². The van der Waals surface area contributed by atoms with Gasteiger partial charge < -0.3 is 14.8 Å². The molecule has 0 aliphatic carbocycles. The Bertz CT molecular complexity index is 461. The summed E-state index contributed by atoms with van der Waals surface area (Å²) >= 11 is 1.44. The van der Waals surface area contributed by atoms with Gasteiger partial charge in [-0.3, -0.25) is 9.59 Å². The summed E-state index contributed by atoms with van der Waals surface area (Å²) in [6.07, 6.45) is 0.317. The minimum Gasteiger partial charge on any atom is -0.497 e. The molecule has 0 saturated heterocycles. The van der Waals surface area contributed by atoms with Crippen LogP contribution in [0.25, 0.3) is 0 Å². The van der Waals surface area contributed by atoms with E-state index in [0.29, 0.717) is 18.7 Å². The molecule has 116 valence electrons. The molecule has 1 aromatic carbocycles. The summed E-state index contributed by atoms with van der Waals surface area (Å²) in [7, 11) is 2.97. The Morgan fingerprint density at radius 3 is 2.48 bits per heavy atom. The molecule has 0 saturated carbocycles. The molecule has 1 N–H and O–H groups in total. The standard InChI is InChI=1S/C15H21NO4S/c1-11(21-9-8-14(17)20-3)15(18)16-10-12-4-6-13(19-2)7-5-12/h4-7,11H,8-10H2,1-3H3,(H,16,18). The fraction of sp³-hybridized carbons (Fsp3) is 0.467. The molecule has 1 rings (SSSR count). The molecule has 0 fully saturated rings. The molecule has 0 aromatic heterocycles. The molecule has 6 heteroatoms. The molecule has 1 amide bonds. The highest BCUT2D eigenvalue weighted by atomic mass is 32.2. The number of nitrogens with one attached hydrogen (secondary N) is 1. The number of ether oxygens (including phenoxy) is 2. The first-order valence-corrected chi connectivity index (χ1v) is 7.70. The molecule has 0 aliphatic rings. The molecule has 0 bridgehead atoms. The molecule has 0 spiro atoms. The number of methoxy groups -OCH3 is 2. The Hall–Kier alpha value is -1.69. The number of benzene rings is 1. The molecular weight excluding hydrogens is 290 g/mol. The first-order chi connectivity index (χ1) is 10.1. The second kappa shape index (κ2) is 9.28. The Morgan fingerprint density at radius 1 is 1.24 bits per heavy atom. The van der Waals surface area contributed by atoms with Gasteiger partial charge in [0.2, 0.25) is 5.91 Å². The van der Waals surface area contributed by atoms with Crippen molar-refractivity contribution in [3.8, 4) is 5.75 Å². The molecule has 1 atom stereocenters. The van der Waals surface area contributed by atoms with Crippen LogP contribution in [0.5, 0.6) is 5.75 Å². The Balaban J connectivity index is 2.29. The molecule has 1 unspecified atom stereocenters. The van der Waals surface area contributed by atoms with E-state index in [1.54, 1.807) is 7.11 Å². The maximum atomic E-state index is 11.9. The van der Waals surface area contributed by atoms with Crippen molar-refractivity contribution in [2.45, 2.75) is 25.1 Å². The summed E-state index contributed by atoms with van der Waals surface area (Å²) in [5, 5.41) is 2.67. The lowest BCUT2D eigenvalue weighted by Crippen LogP contribution is -2.30. The highest BCUT2D eigenvalue weighted by molar-refractivity contribution is 8.00. The molecule has 5 nitrogen and oxygen atoms in total. The van der Waals surface area contributed by atoms with Gasteiger partial charge in [0.25, 0.3) is 0 Å². The monoisotopic (exact) mass is 311 g/mol. The summed E-state index contributed by atoms with van der Waals surface area (Å²) in [6, 6.07) is 7.54. The maximum Gasteiger partial charge on any atom is 0.306 e. The van der Waals surface area contributed by atoms with Gasteiger partial charge in [0.15, 0.2) is 0 Å². The van der Waals surface area contributed by atoms with Gasteiger partial charge in [0.05, 0.1) is 25.9 Å². The lowest BCUT2D eigenvalue weighted by molar-refractivity contribution is -0.140. The summed E-state index contributed by atoms with van der Waals surface area (Å²) < 4.78 is 9.63. The van der Waals surface area contributed by atoms with Gasteiger partial charge in [-0.1, -0.05) is 12.1 Å². The minimum absolute atomic E-state index is 0.0410. The van der Waals surface area contributed by atoms with Crippen molar-refractivity contribution in [3.63, 3.8) is 0 Å². The predicted molar refractivity (Wildman–Crippen MR) is 83.4 cm³/mol. The molecule has 21 heavy (non-hydrogen) atoms. The minimum atomic E-state index is -0.256. The van der Waals surface area contributed by atoms with Crippen molar-refractivity contribution in [2.75, 3.05) is 20.0 Å². The van der Waals surface area contributed by atoms with Gasteiger partial charge >= 0.3 is 5.97 Å². The average molecular weight is 311 g/mol. The number of amides is 1. The van der Waals surface area contributed by atoms with Crippen molar-refractivity contribution in [2.24, 2.45) is 0 Å². The predicted octanol–water partition coefficient (Wildman–Crippen LogP) is 2.00. The third-order valence-electron chi connectivity index (χ3n) is 2.90. The van der Waals surface area contributed by atoms with Crippen LogP contribution in [-0.4, -0.2) is 37.1 Å². The number of rotatable bonds is 8. The van der Waals surface area contributed by atoms with Crippen molar-refractivity contribution < 1.29 is 19.1 Å². The number of carbonyl (C=O) groups is 2. The van der Waals surface area contributed by atoms with Crippen molar-refractivity contribution in [1.82, 2.24) is 5.32 Å². The Kier molecular flexibility index (Phi) is 7.68. The van der Waals surface area contributed by atoms with E-state index in [4.69, 9.17) is 4.74 Å². The van der Waals surface area contributed by atoms with Crippen LogP contribution in [0.15, 0.2) is 24.3 Å². The van der Waals surface area contributed by atoms with Crippen LogP contribution in [0.1, 0.15) is 18.9 Å². The molecule has 0 radical (unpaired) electrons. The van der Waals surface area contributed by atoms with E-state index < -0.39 is 0 Å². The van der Waals surface area contributed by atoms with Gasteiger partial charge in [-0.05, 0) is 24.6 Å². The Labute approximate surface area is 129 Å². The highest BCUT2D eigenvalue weighted by Crippen LogP contribution is 2.13. The van der Waals surface area contributed by atoms with Gasteiger partial charge in [-0.25, -0.2) is 0 Å². The summed E-state index contributed by atoms with van der Waals surface area (Å²) in [5.74, 6) is 1.06. The molecule has 1 aromatic rings. The van der Waals surface area contributed by atoms with Crippen LogP contribution in [0.2, 0.25) is 0 Å². The topological polar surface area (TPSA) is 64.6 Å². The zero-order chi connectivity index (χ0) is 15.7. The van der Waals surface area contributed by atoms with E-state index in [2.05, 4.69) is 10.1 Å². The average Bonchev–Trinajstić information content (AvgIpc) is 2.52. The second-order valence-electron chi connectivity index (χ2n) is 4.41. The number of hydrogen-bond acceptors (Lipinski definition) is 5. The SMILES string of the molecule is COC(=O)CCSC(C)C(=O)NCc1ccc(OC)cc1. The second-order valence-corrected chi connectivity index (χ2v) is 5.85. The van der Waals surface area contributed by atoms with E-state index in [1.165, 1.54) is 18.9 Å². The highest BCUT2D eigenvalue weighted by Gasteiger charge is 2.13. The lowest BCUT2D eigenvalue weighted by atomic mass is 10.2. The van der Waals surface area contributed by atoms with Gasteiger partial charge in [0, 0.05) is 12.3 Å². The normalized spacial score (nSPS) is 11.6. The van der Waals surface area contributed by atoms with E-state index >= 15 is 0 Å².